The first-order valence-electron chi connectivity index (χ1n) is 9.65. The SMILES string of the molecule is C[C@@H](Cl)C(=O)Nc1ccc(N2CCCC2)c(C(=O)N[C@H](C)c2ccccc2)c1. The summed E-state index contributed by atoms with van der Waals surface area (Å²) in [6, 6.07) is 15.2. The molecule has 0 saturated carbocycles. The van der Waals surface area contributed by atoms with Crippen molar-refractivity contribution in [2.24, 2.45) is 0 Å². The summed E-state index contributed by atoms with van der Waals surface area (Å²) in [5, 5.41) is 5.20. The highest BCUT2D eigenvalue weighted by Gasteiger charge is 2.22. The van der Waals surface area contributed by atoms with Crippen LogP contribution in [0.2, 0.25) is 0 Å². The Balaban J connectivity index is 1.86. The third-order valence-electron chi connectivity index (χ3n) is 4.96. The minimum atomic E-state index is -0.645. The summed E-state index contributed by atoms with van der Waals surface area (Å²) in [5.74, 6) is -0.451. The number of anilines is 2. The van der Waals surface area contributed by atoms with Crippen molar-refractivity contribution in [3.8, 4) is 0 Å². The Bertz CT molecular complexity index is 833. The Morgan fingerprint density at radius 2 is 1.71 bits per heavy atom. The van der Waals surface area contributed by atoms with Gasteiger partial charge in [-0.1, -0.05) is 30.3 Å². The molecule has 1 aliphatic rings. The monoisotopic (exact) mass is 399 g/mol. The van der Waals surface area contributed by atoms with Crippen LogP contribution in [0.5, 0.6) is 0 Å². The molecule has 0 radical (unpaired) electrons. The van der Waals surface area contributed by atoms with Gasteiger partial charge in [-0.2, -0.15) is 0 Å². The zero-order chi connectivity index (χ0) is 20.1. The summed E-state index contributed by atoms with van der Waals surface area (Å²) < 4.78 is 0. The Kier molecular flexibility index (Phi) is 6.57. The van der Waals surface area contributed by atoms with E-state index in [1.807, 2.05) is 49.4 Å². The van der Waals surface area contributed by atoms with Gasteiger partial charge >= 0.3 is 0 Å². The second-order valence-corrected chi connectivity index (χ2v) is 7.79. The number of nitrogens with zero attached hydrogens (tertiary/aromatic N) is 1. The van der Waals surface area contributed by atoms with E-state index in [9.17, 15) is 9.59 Å². The number of rotatable bonds is 6. The fraction of sp³-hybridized carbons (Fsp3) is 0.364. The van der Waals surface area contributed by atoms with Crippen LogP contribution in [0.3, 0.4) is 0 Å². The van der Waals surface area contributed by atoms with Gasteiger partial charge in [-0.3, -0.25) is 9.59 Å². The highest BCUT2D eigenvalue weighted by atomic mass is 35.5. The van der Waals surface area contributed by atoms with E-state index in [4.69, 9.17) is 11.6 Å². The molecule has 0 aromatic heterocycles. The van der Waals surface area contributed by atoms with Crippen LogP contribution in [0.4, 0.5) is 11.4 Å². The van der Waals surface area contributed by atoms with Crippen LogP contribution in [0.1, 0.15) is 48.7 Å². The highest BCUT2D eigenvalue weighted by Crippen LogP contribution is 2.28. The summed E-state index contributed by atoms with van der Waals surface area (Å²) >= 11 is 5.85. The summed E-state index contributed by atoms with van der Waals surface area (Å²) in [7, 11) is 0. The zero-order valence-corrected chi connectivity index (χ0v) is 17.0. The van der Waals surface area contributed by atoms with E-state index >= 15 is 0 Å². The van der Waals surface area contributed by atoms with Crippen molar-refractivity contribution in [1.82, 2.24) is 5.32 Å². The lowest BCUT2D eigenvalue weighted by atomic mass is 10.1. The van der Waals surface area contributed by atoms with Gasteiger partial charge in [0.1, 0.15) is 5.38 Å². The smallest absolute Gasteiger partial charge is 0.253 e. The number of amides is 2. The van der Waals surface area contributed by atoms with Gasteiger partial charge < -0.3 is 15.5 Å². The minimum absolute atomic E-state index is 0.124. The molecule has 3 rings (SSSR count). The summed E-state index contributed by atoms with van der Waals surface area (Å²) in [6.07, 6.45) is 2.23. The Morgan fingerprint density at radius 3 is 2.36 bits per heavy atom. The van der Waals surface area contributed by atoms with Crippen LogP contribution in [0.15, 0.2) is 48.5 Å². The molecule has 2 amide bonds. The fourth-order valence-electron chi connectivity index (χ4n) is 3.37. The van der Waals surface area contributed by atoms with Gasteiger partial charge in [0, 0.05) is 24.5 Å². The minimum Gasteiger partial charge on any atom is -0.371 e. The van der Waals surface area contributed by atoms with E-state index in [0.717, 1.165) is 37.2 Å². The number of carbonyl (C=O) groups is 2. The predicted octanol–water partition coefficient (Wildman–Crippen LogP) is 4.34. The van der Waals surface area contributed by atoms with Gasteiger partial charge in [0.25, 0.3) is 5.91 Å². The first-order valence-corrected chi connectivity index (χ1v) is 10.1. The third-order valence-corrected chi connectivity index (χ3v) is 5.16. The molecule has 6 heteroatoms. The van der Waals surface area contributed by atoms with E-state index in [1.54, 1.807) is 13.0 Å². The van der Waals surface area contributed by atoms with Crippen LogP contribution < -0.4 is 15.5 Å². The van der Waals surface area contributed by atoms with Crippen LogP contribution >= 0.6 is 11.6 Å². The highest BCUT2D eigenvalue weighted by molar-refractivity contribution is 6.32. The van der Waals surface area contributed by atoms with Crippen molar-refractivity contribution in [2.45, 2.75) is 38.1 Å². The molecule has 148 valence electrons. The van der Waals surface area contributed by atoms with Gasteiger partial charge in [-0.15, -0.1) is 11.6 Å². The molecule has 1 aliphatic heterocycles. The molecule has 0 bridgehead atoms. The lowest BCUT2D eigenvalue weighted by Crippen LogP contribution is -2.30. The van der Waals surface area contributed by atoms with Crippen LogP contribution in [0, 0.1) is 0 Å². The maximum atomic E-state index is 13.1. The molecule has 2 atom stereocenters. The summed E-state index contributed by atoms with van der Waals surface area (Å²) in [4.78, 5) is 27.3. The Labute approximate surface area is 171 Å². The fourth-order valence-corrected chi connectivity index (χ4v) is 3.43. The quantitative estimate of drug-likeness (QED) is 0.710. The summed E-state index contributed by atoms with van der Waals surface area (Å²) in [5.41, 5.74) is 3.06. The lowest BCUT2D eigenvalue weighted by Gasteiger charge is -2.23. The molecule has 28 heavy (non-hydrogen) atoms. The van der Waals surface area contributed by atoms with Gasteiger partial charge in [0.05, 0.1) is 11.6 Å². The second kappa shape index (κ2) is 9.11. The number of halogens is 1. The number of hydrogen-bond acceptors (Lipinski definition) is 3. The standard InChI is InChI=1S/C22H26ClN3O2/c1-15(23)21(27)25-18-10-11-20(26-12-6-7-13-26)19(14-18)22(28)24-16(2)17-8-4-3-5-9-17/h3-5,8-11,14-16H,6-7,12-13H2,1-2H3,(H,24,28)(H,25,27)/t15-,16-/m1/s1. The average molecular weight is 400 g/mol. The van der Waals surface area contributed by atoms with E-state index in [0.29, 0.717) is 11.3 Å². The van der Waals surface area contributed by atoms with Crippen LogP contribution in [0.25, 0.3) is 0 Å². The number of hydrogen-bond donors (Lipinski definition) is 2. The van der Waals surface area contributed by atoms with Crippen LogP contribution in [-0.4, -0.2) is 30.3 Å². The first-order chi connectivity index (χ1) is 13.5. The maximum Gasteiger partial charge on any atom is 0.253 e. The molecule has 0 spiro atoms. The number of benzene rings is 2. The van der Waals surface area contributed by atoms with Gasteiger partial charge in [-0.05, 0) is 50.5 Å². The van der Waals surface area contributed by atoms with Crippen molar-refractivity contribution in [3.05, 3.63) is 59.7 Å². The van der Waals surface area contributed by atoms with E-state index < -0.39 is 5.38 Å². The number of nitrogens with one attached hydrogen (secondary N) is 2. The van der Waals surface area contributed by atoms with E-state index in [1.165, 1.54) is 0 Å². The van der Waals surface area contributed by atoms with Gasteiger partial charge in [0.2, 0.25) is 5.91 Å². The molecular formula is C22H26ClN3O2. The molecule has 1 heterocycles. The molecule has 1 fully saturated rings. The van der Waals surface area contributed by atoms with E-state index in [2.05, 4.69) is 15.5 Å². The van der Waals surface area contributed by atoms with Crippen molar-refractivity contribution < 1.29 is 9.59 Å². The molecule has 0 aliphatic carbocycles. The van der Waals surface area contributed by atoms with Crippen molar-refractivity contribution >= 4 is 34.8 Å². The molecule has 2 aromatic carbocycles. The van der Waals surface area contributed by atoms with Crippen molar-refractivity contribution in [1.29, 1.82) is 0 Å². The zero-order valence-electron chi connectivity index (χ0n) is 16.2. The van der Waals surface area contributed by atoms with Gasteiger partial charge in [-0.25, -0.2) is 0 Å². The van der Waals surface area contributed by atoms with Crippen molar-refractivity contribution in [2.75, 3.05) is 23.3 Å². The Morgan fingerprint density at radius 1 is 1.04 bits per heavy atom. The first kappa shape index (κ1) is 20.2. The van der Waals surface area contributed by atoms with Crippen molar-refractivity contribution in [3.63, 3.8) is 0 Å². The molecule has 0 unspecified atom stereocenters. The maximum absolute atomic E-state index is 13.1. The number of carbonyl (C=O) groups excluding carboxylic acids is 2. The predicted molar refractivity (Wildman–Crippen MR) is 114 cm³/mol. The molecule has 2 N–H and O–H groups in total. The summed E-state index contributed by atoms with van der Waals surface area (Å²) in [6.45, 7) is 5.44. The average Bonchev–Trinajstić information content (AvgIpc) is 3.23. The second-order valence-electron chi connectivity index (χ2n) is 7.14. The largest absolute Gasteiger partial charge is 0.371 e. The molecule has 5 nitrogen and oxygen atoms in total. The lowest BCUT2D eigenvalue weighted by molar-refractivity contribution is -0.115. The molecule has 2 aromatic rings. The third kappa shape index (κ3) is 4.84. The Hall–Kier alpha value is -2.53. The normalized spacial score (nSPS) is 15.8. The van der Waals surface area contributed by atoms with Crippen LogP contribution in [-0.2, 0) is 4.79 Å². The topological polar surface area (TPSA) is 61.4 Å². The molecular weight excluding hydrogens is 374 g/mol. The molecule has 1 saturated heterocycles. The van der Waals surface area contributed by atoms with Gasteiger partial charge in [0.15, 0.2) is 0 Å². The van der Waals surface area contributed by atoms with E-state index in [-0.39, 0.29) is 17.9 Å². The number of alkyl halides is 1.